The molecule has 0 aliphatic carbocycles. The number of rotatable bonds is 10. The van der Waals surface area contributed by atoms with Gasteiger partial charge in [-0.15, -0.1) is 11.3 Å². The van der Waals surface area contributed by atoms with Crippen LogP contribution in [0.5, 0.6) is 0 Å². The average molecular weight is 500 g/mol. The number of allylic oxidation sites excluding steroid dienone is 1. The van der Waals surface area contributed by atoms with Gasteiger partial charge in [-0.1, -0.05) is 56.5 Å². The summed E-state index contributed by atoms with van der Waals surface area (Å²) in [7, 11) is 0. The van der Waals surface area contributed by atoms with Gasteiger partial charge in [-0.3, -0.25) is 0 Å². The zero-order valence-corrected chi connectivity index (χ0v) is 20.6. The number of nitriles is 1. The monoisotopic (exact) mass is 499 g/mol. The first-order valence-electron chi connectivity index (χ1n) is 11.7. The van der Waals surface area contributed by atoms with Crippen molar-refractivity contribution in [3.63, 3.8) is 0 Å². The number of anilines is 1. The molecule has 4 rings (SSSR count). The Kier molecular flexibility index (Phi) is 8.27. The van der Waals surface area contributed by atoms with Gasteiger partial charge in [0.2, 0.25) is 0 Å². The molecule has 0 atom stereocenters. The Morgan fingerprint density at radius 1 is 1.17 bits per heavy atom. The molecule has 0 amide bonds. The molecule has 0 fully saturated rings. The van der Waals surface area contributed by atoms with Crippen molar-refractivity contribution in [2.45, 2.75) is 32.6 Å². The Balaban J connectivity index is 1.51. The molecule has 0 unspecified atom stereocenters. The summed E-state index contributed by atoms with van der Waals surface area (Å²) in [6.45, 7) is 2.50. The molecule has 2 heterocycles. The van der Waals surface area contributed by atoms with Crippen molar-refractivity contribution in [1.29, 1.82) is 5.26 Å². The van der Waals surface area contributed by atoms with Crippen molar-refractivity contribution in [3.05, 3.63) is 87.2 Å². The van der Waals surface area contributed by atoms with Gasteiger partial charge < -0.3 is 14.5 Å². The lowest BCUT2D eigenvalue weighted by atomic mass is 10.1. The van der Waals surface area contributed by atoms with Crippen molar-refractivity contribution < 1.29 is 13.9 Å². The second-order valence-electron chi connectivity index (χ2n) is 8.08. The normalized spacial score (nSPS) is 11.3. The summed E-state index contributed by atoms with van der Waals surface area (Å²) < 4.78 is 10.8. The molecular weight excluding hydrogens is 474 g/mol. The number of para-hydroxylation sites is 2. The van der Waals surface area contributed by atoms with Gasteiger partial charge in [0.1, 0.15) is 22.2 Å². The highest BCUT2D eigenvalue weighted by molar-refractivity contribution is 7.11. The van der Waals surface area contributed by atoms with Crippen LogP contribution in [0.2, 0.25) is 0 Å². The molecule has 0 aliphatic rings. The van der Waals surface area contributed by atoms with Gasteiger partial charge in [0, 0.05) is 17.0 Å². The van der Waals surface area contributed by atoms with Gasteiger partial charge in [-0.25, -0.2) is 14.6 Å². The molecule has 0 spiro atoms. The molecule has 8 heteroatoms. The zero-order chi connectivity index (χ0) is 25.3. The van der Waals surface area contributed by atoms with E-state index < -0.39 is 11.6 Å². The number of aromatic nitrogens is 1. The Bertz CT molecular complexity index is 1500. The summed E-state index contributed by atoms with van der Waals surface area (Å²) in [6, 6.07) is 18.1. The number of esters is 1. The molecule has 0 aliphatic heterocycles. The topological polar surface area (TPSA) is 105 Å². The first-order valence-corrected chi connectivity index (χ1v) is 12.6. The number of ether oxygens (including phenoxy) is 1. The predicted molar refractivity (Wildman–Crippen MR) is 142 cm³/mol. The molecule has 0 saturated carbocycles. The van der Waals surface area contributed by atoms with Crippen LogP contribution < -0.4 is 10.9 Å². The summed E-state index contributed by atoms with van der Waals surface area (Å²) in [5.74, 6) is -0.416. The lowest BCUT2D eigenvalue weighted by molar-refractivity contribution is 0.0499. The number of hydrogen-bond donors (Lipinski definition) is 1. The van der Waals surface area contributed by atoms with E-state index in [1.54, 1.807) is 47.8 Å². The highest BCUT2D eigenvalue weighted by atomic mass is 32.1. The molecule has 182 valence electrons. The maximum atomic E-state index is 12.6. The van der Waals surface area contributed by atoms with E-state index in [9.17, 15) is 14.9 Å². The number of thiazole rings is 1. The van der Waals surface area contributed by atoms with Gasteiger partial charge in [-0.2, -0.15) is 5.26 Å². The van der Waals surface area contributed by atoms with E-state index in [4.69, 9.17) is 9.15 Å². The lowest BCUT2D eigenvalue weighted by Gasteiger charge is -2.09. The van der Waals surface area contributed by atoms with Crippen LogP contribution in [0.3, 0.4) is 0 Å². The molecule has 7 nitrogen and oxygen atoms in total. The largest absolute Gasteiger partial charge is 0.462 e. The lowest BCUT2D eigenvalue weighted by Crippen LogP contribution is -2.09. The number of nitrogens with zero attached hydrogens (tertiary/aromatic N) is 2. The van der Waals surface area contributed by atoms with E-state index in [2.05, 4.69) is 23.3 Å². The number of unbranched alkanes of at least 4 members (excludes halogenated alkanes) is 3. The highest BCUT2D eigenvalue weighted by Crippen LogP contribution is 2.27. The average Bonchev–Trinajstić information content (AvgIpc) is 3.38. The zero-order valence-electron chi connectivity index (χ0n) is 19.8. The van der Waals surface area contributed by atoms with Crippen LogP contribution in [0.1, 0.15) is 48.0 Å². The van der Waals surface area contributed by atoms with Crippen molar-refractivity contribution in [2.75, 3.05) is 11.9 Å². The van der Waals surface area contributed by atoms with Crippen molar-refractivity contribution >= 4 is 39.5 Å². The molecule has 36 heavy (non-hydrogen) atoms. The van der Waals surface area contributed by atoms with Gasteiger partial charge in [0.05, 0.1) is 29.1 Å². The minimum atomic E-state index is -0.492. The van der Waals surface area contributed by atoms with Crippen LogP contribution in [-0.4, -0.2) is 17.6 Å². The number of benzene rings is 2. The predicted octanol–water partition coefficient (Wildman–Crippen LogP) is 6.63. The molecule has 1 N–H and O–H groups in total. The molecule has 0 radical (unpaired) electrons. The standard InChI is InChI=1S/C28H25N3O4S/c1-2-3-4-9-14-34-27(32)21-11-6-7-12-23(21)30-17-20(16-29)26-31-24(18-36-26)22-15-19-10-5-8-13-25(19)35-28(22)33/h5-8,10-13,15,17-18,30H,2-4,9,14H2,1H3. The van der Waals surface area contributed by atoms with Gasteiger partial charge in [0.25, 0.3) is 0 Å². The summed E-state index contributed by atoms with van der Waals surface area (Å²) in [4.78, 5) is 29.5. The van der Waals surface area contributed by atoms with Crippen LogP contribution in [0, 0.1) is 11.3 Å². The fourth-order valence-corrected chi connectivity index (χ4v) is 4.40. The highest BCUT2D eigenvalue weighted by Gasteiger charge is 2.15. The SMILES string of the molecule is CCCCCCOC(=O)c1ccccc1NC=C(C#N)c1nc(-c2cc3ccccc3oc2=O)cs1. The second-order valence-corrected chi connectivity index (χ2v) is 8.94. The maximum Gasteiger partial charge on any atom is 0.345 e. The quantitative estimate of drug-likeness (QED) is 0.113. The second kappa shape index (κ2) is 12.0. The van der Waals surface area contributed by atoms with Gasteiger partial charge in [0.15, 0.2) is 0 Å². The Hall–Kier alpha value is -4.22. The molecule has 0 bridgehead atoms. The molecular formula is C28H25N3O4S. The fraction of sp³-hybridized carbons (Fsp3) is 0.214. The molecule has 4 aromatic rings. The number of fused-ring (bicyclic) bond motifs is 1. The van der Waals surface area contributed by atoms with E-state index in [0.717, 1.165) is 31.1 Å². The Labute approximate surface area is 212 Å². The van der Waals surface area contributed by atoms with Crippen LogP contribution in [-0.2, 0) is 4.74 Å². The van der Waals surface area contributed by atoms with E-state index in [-0.39, 0.29) is 5.57 Å². The first kappa shape index (κ1) is 24.9. The summed E-state index contributed by atoms with van der Waals surface area (Å²) in [5.41, 5.74) is 1.94. The van der Waals surface area contributed by atoms with Crippen molar-refractivity contribution in [3.8, 4) is 17.3 Å². The summed E-state index contributed by atoms with van der Waals surface area (Å²) in [6.07, 6.45) is 5.58. The van der Waals surface area contributed by atoms with Crippen LogP contribution >= 0.6 is 11.3 Å². The third-order valence-electron chi connectivity index (χ3n) is 5.52. The number of carbonyl (C=O) groups excluding carboxylic acids is 1. The summed E-state index contributed by atoms with van der Waals surface area (Å²) >= 11 is 1.24. The number of carbonyl (C=O) groups is 1. The van der Waals surface area contributed by atoms with E-state index in [0.29, 0.717) is 39.7 Å². The Morgan fingerprint density at radius 3 is 2.81 bits per heavy atom. The minimum Gasteiger partial charge on any atom is -0.462 e. The Morgan fingerprint density at radius 2 is 1.97 bits per heavy atom. The first-order chi connectivity index (χ1) is 17.6. The fourth-order valence-electron chi connectivity index (χ4n) is 3.61. The maximum absolute atomic E-state index is 12.6. The summed E-state index contributed by atoms with van der Waals surface area (Å²) in [5, 5.41) is 15.7. The third-order valence-corrected chi connectivity index (χ3v) is 6.40. The van der Waals surface area contributed by atoms with E-state index >= 15 is 0 Å². The van der Waals surface area contributed by atoms with E-state index in [1.807, 2.05) is 12.1 Å². The molecule has 2 aromatic heterocycles. The number of nitrogens with one attached hydrogen (secondary N) is 1. The molecule has 2 aromatic carbocycles. The van der Waals surface area contributed by atoms with Gasteiger partial charge >= 0.3 is 11.6 Å². The van der Waals surface area contributed by atoms with Crippen molar-refractivity contribution in [1.82, 2.24) is 4.98 Å². The van der Waals surface area contributed by atoms with Crippen LogP contribution in [0.15, 0.2) is 75.4 Å². The minimum absolute atomic E-state index is 0.263. The van der Waals surface area contributed by atoms with Crippen LogP contribution in [0.25, 0.3) is 27.8 Å². The smallest absolute Gasteiger partial charge is 0.345 e. The van der Waals surface area contributed by atoms with E-state index in [1.165, 1.54) is 17.5 Å². The molecule has 0 saturated heterocycles. The number of hydrogen-bond acceptors (Lipinski definition) is 8. The van der Waals surface area contributed by atoms with Crippen molar-refractivity contribution in [2.24, 2.45) is 0 Å². The van der Waals surface area contributed by atoms with Gasteiger partial charge in [-0.05, 0) is 30.7 Å². The van der Waals surface area contributed by atoms with Crippen LogP contribution in [0.4, 0.5) is 5.69 Å². The third kappa shape index (κ3) is 5.88.